The highest BCUT2D eigenvalue weighted by atomic mass is 35.5. The normalized spacial score (nSPS) is 15.9. The van der Waals surface area contributed by atoms with Crippen LogP contribution in [0.25, 0.3) is 11.0 Å². The number of rotatable bonds is 7. The van der Waals surface area contributed by atoms with Crippen LogP contribution in [0.4, 0.5) is 0 Å². The standard InChI is InChI=1S/C29H24ClNO6/c1-2-3-11-34-20-6-4-5-18(13-20)26-25-27(32)21-14-19(30)8-10-22(21)37-28(25)29(33)31(26)15-17-7-9-23-24(12-17)36-16-35-23/h4-10,12-14,26H,2-3,11,15-16H2,1H3. The summed E-state index contributed by atoms with van der Waals surface area (Å²) in [6.45, 7) is 3.09. The molecule has 0 spiro atoms. The number of carbonyl (C=O) groups is 1. The SMILES string of the molecule is CCCCOc1cccc(C2c3c(oc4ccc(Cl)cc4c3=O)C(=O)N2Cc2ccc3c(c2)OCO3)c1. The van der Waals surface area contributed by atoms with Gasteiger partial charge in [0.2, 0.25) is 12.6 Å². The van der Waals surface area contributed by atoms with Crippen molar-refractivity contribution < 1.29 is 23.4 Å². The second-order valence-electron chi connectivity index (χ2n) is 9.11. The minimum atomic E-state index is -0.665. The Hall–Kier alpha value is -3.97. The molecule has 1 amide bonds. The van der Waals surface area contributed by atoms with Gasteiger partial charge in [-0.05, 0) is 60.0 Å². The van der Waals surface area contributed by atoms with E-state index >= 15 is 0 Å². The summed E-state index contributed by atoms with van der Waals surface area (Å²) in [5, 5.41) is 0.758. The van der Waals surface area contributed by atoms with Crippen LogP contribution in [0.15, 0.2) is 69.9 Å². The third-order valence-electron chi connectivity index (χ3n) is 6.66. The van der Waals surface area contributed by atoms with E-state index in [1.807, 2.05) is 42.5 Å². The van der Waals surface area contributed by atoms with Crippen molar-refractivity contribution in [2.24, 2.45) is 0 Å². The minimum Gasteiger partial charge on any atom is -0.494 e. The Kier molecular flexibility index (Phi) is 6.00. The third kappa shape index (κ3) is 4.19. The maximum absolute atomic E-state index is 13.8. The van der Waals surface area contributed by atoms with Crippen LogP contribution in [0.3, 0.4) is 0 Å². The number of hydrogen-bond acceptors (Lipinski definition) is 6. The number of benzene rings is 3. The molecule has 3 aromatic carbocycles. The van der Waals surface area contributed by atoms with Gasteiger partial charge in [0, 0.05) is 11.6 Å². The maximum atomic E-state index is 13.8. The topological polar surface area (TPSA) is 78.2 Å². The number of unbranched alkanes of at least 4 members (excludes halogenated alkanes) is 1. The average molecular weight is 518 g/mol. The third-order valence-corrected chi connectivity index (χ3v) is 6.89. The molecular weight excluding hydrogens is 494 g/mol. The van der Waals surface area contributed by atoms with Crippen LogP contribution in [0.1, 0.15) is 53.1 Å². The van der Waals surface area contributed by atoms with E-state index in [4.69, 9.17) is 30.2 Å². The van der Waals surface area contributed by atoms with Crippen LogP contribution in [0.2, 0.25) is 5.02 Å². The fourth-order valence-corrected chi connectivity index (χ4v) is 5.02. The molecule has 4 aromatic rings. The molecule has 0 bridgehead atoms. The molecular formula is C29H24ClNO6. The zero-order chi connectivity index (χ0) is 25.5. The zero-order valence-corrected chi connectivity index (χ0v) is 20.9. The van der Waals surface area contributed by atoms with E-state index in [1.54, 1.807) is 23.1 Å². The largest absolute Gasteiger partial charge is 0.494 e. The molecule has 7 nitrogen and oxygen atoms in total. The summed E-state index contributed by atoms with van der Waals surface area (Å²) in [5.74, 6) is 1.65. The summed E-state index contributed by atoms with van der Waals surface area (Å²) >= 11 is 6.19. The van der Waals surface area contributed by atoms with Crippen LogP contribution < -0.4 is 19.6 Å². The Morgan fingerprint density at radius 2 is 1.89 bits per heavy atom. The van der Waals surface area contributed by atoms with Crippen LogP contribution in [0.5, 0.6) is 17.2 Å². The molecule has 0 saturated carbocycles. The Balaban J connectivity index is 1.47. The van der Waals surface area contributed by atoms with Crippen molar-refractivity contribution in [1.29, 1.82) is 0 Å². The summed E-state index contributed by atoms with van der Waals surface area (Å²) in [6.07, 6.45) is 1.95. The zero-order valence-electron chi connectivity index (χ0n) is 20.2. The van der Waals surface area contributed by atoms with E-state index in [9.17, 15) is 9.59 Å². The number of fused-ring (bicyclic) bond motifs is 3. The molecule has 2 aliphatic rings. The Morgan fingerprint density at radius 3 is 2.76 bits per heavy atom. The first-order chi connectivity index (χ1) is 18.0. The van der Waals surface area contributed by atoms with E-state index in [0.29, 0.717) is 45.4 Å². The van der Waals surface area contributed by atoms with Crippen molar-refractivity contribution in [2.75, 3.05) is 13.4 Å². The number of nitrogens with zero attached hydrogens (tertiary/aromatic N) is 1. The number of amides is 1. The molecule has 1 aromatic heterocycles. The molecule has 1 atom stereocenters. The number of ether oxygens (including phenoxy) is 3. The van der Waals surface area contributed by atoms with Gasteiger partial charge in [0.25, 0.3) is 5.91 Å². The quantitative estimate of drug-likeness (QED) is 0.276. The van der Waals surface area contributed by atoms with Gasteiger partial charge in [-0.15, -0.1) is 0 Å². The summed E-state index contributed by atoms with van der Waals surface area (Å²) < 4.78 is 22.9. The maximum Gasteiger partial charge on any atom is 0.291 e. The van der Waals surface area contributed by atoms with Crippen molar-refractivity contribution in [3.63, 3.8) is 0 Å². The molecule has 188 valence electrons. The van der Waals surface area contributed by atoms with Gasteiger partial charge in [0.05, 0.1) is 23.6 Å². The Morgan fingerprint density at radius 1 is 1.03 bits per heavy atom. The molecule has 3 heterocycles. The lowest BCUT2D eigenvalue weighted by Crippen LogP contribution is -2.29. The van der Waals surface area contributed by atoms with Crippen LogP contribution in [0, 0.1) is 0 Å². The monoisotopic (exact) mass is 517 g/mol. The summed E-state index contributed by atoms with van der Waals surface area (Å²) in [7, 11) is 0. The van der Waals surface area contributed by atoms with Crippen molar-refractivity contribution in [1.82, 2.24) is 4.90 Å². The van der Waals surface area contributed by atoms with Gasteiger partial charge in [0.1, 0.15) is 11.3 Å². The summed E-state index contributed by atoms with van der Waals surface area (Å²) in [5.41, 5.74) is 1.94. The first-order valence-corrected chi connectivity index (χ1v) is 12.6. The fraction of sp³-hybridized carbons (Fsp3) is 0.241. The van der Waals surface area contributed by atoms with E-state index in [1.165, 1.54) is 0 Å². The Labute approximate surface area is 218 Å². The average Bonchev–Trinajstić information content (AvgIpc) is 3.48. The van der Waals surface area contributed by atoms with Gasteiger partial charge in [0.15, 0.2) is 16.9 Å². The molecule has 0 fully saturated rings. The van der Waals surface area contributed by atoms with Gasteiger partial charge < -0.3 is 23.5 Å². The first-order valence-electron chi connectivity index (χ1n) is 12.2. The number of halogens is 1. The van der Waals surface area contributed by atoms with Crippen LogP contribution in [-0.2, 0) is 6.54 Å². The van der Waals surface area contributed by atoms with Crippen LogP contribution in [-0.4, -0.2) is 24.2 Å². The van der Waals surface area contributed by atoms with Crippen molar-refractivity contribution >= 4 is 28.5 Å². The number of carbonyl (C=O) groups excluding carboxylic acids is 1. The molecule has 0 N–H and O–H groups in total. The molecule has 6 rings (SSSR count). The highest BCUT2D eigenvalue weighted by Crippen LogP contribution is 2.41. The molecule has 0 saturated heterocycles. The van der Waals surface area contributed by atoms with Gasteiger partial charge in [-0.3, -0.25) is 9.59 Å². The predicted molar refractivity (Wildman–Crippen MR) is 139 cm³/mol. The van der Waals surface area contributed by atoms with Crippen LogP contribution >= 0.6 is 11.6 Å². The smallest absolute Gasteiger partial charge is 0.291 e. The number of hydrogen-bond donors (Lipinski definition) is 0. The fourth-order valence-electron chi connectivity index (χ4n) is 4.85. The first kappa shape index (κ1) is 23.4. The van der Waals surface area contributed by atoms with Crippen molar-refractivity contribution in [3.8, 4) is 17.2 Å². The molecule has 1 unspecified atom stereocenters. The van der Waals surface area contributed by atoms with Gasteiger partial charge in [-0.1, -0.05) is 43.1 Å². The van der Waals surface area contributed by atoms with Gasteiger partial charge >= 0.3 is 0 Å². The molecule has 2 aliphatic heterocycles. The molecule has 0 aliphatic carbocycles. The lowest BCUT2D eigenvalue weighted by Gasteiger charge is -2.25. The van der Waals surface area contributed by atoms with E-state index in [-0.39, 0.29) is 30.4 Å². The molecule has 8 heteroatoms. The highest BCUT2D eigenvalue weighted by Gasteiger charge is 2.43. The Bertz CT molecular complexity index is 1580. The minimum absolute atomic E-state index is 0.0443. The lowest BCUT2D eigenvalue weighted by molar-refractivity contribution is 0.0714. The summed E-state index contributed by atoms with van der Waals surface area (Å²) in [6, 6.07) is 17.3. The lowest BCUT2D eigenvalue weighted by atomic mass is 9.98. The summed E-state index contributed by atoms with van der Waals surface area (Å²) in [4.78, 5) is 29.2. The van der Waals surface area contributed by atoms with E-state index in [0.717, 1.165) is 24.0 Å². The van der Waals surface area contributed by atoms with Gasteiger partial charge in [-0.25, -0.2) is 0 Å². The second kappa shape index (κ2) is 9.48. The predicted octanol–water partition coefficient (Wildman–Crippen LogP) is 6.10. The van der Waals surface area contributed by atoms with E-state index < -0.39 is 6.04 Å². The van der Waals surface area contributed by atoms with Crippen molar-refractivity contribution in [2.45, 2.75) is 32.4 Å². The second-order valence-corrected chi connectivity index (χ2v) is 9.55. The van der Waals surface area contributed by atoms with Crippen molar-refractivity contribution in [3.05, 3.63) is 98.4 Å². The highest BCUT2D eigenvalue weighted by molar-refractivity contribution is 6.31. The van der Waals surface area contributed by atoms with Gasteiger partial charge in [-0.2, -0.15) is 0 Å². The molecule has 0 radical (unpaired) electrons. The molecule has 37 heavy (non-hydrogen) atoms. The van der Waals surface area contributed by atoms with E-state index in [2.05, 4.69) is 6.92 Å².